The molecule has 2 aromatic rings. The maximum Gasteiger partial charge on any atom is 0.219 e. The minimum atomic E-state index is 0.0664. The molecule has 0 spiro atoms. The van der Waals surface area contributed by atoms with Gasteiger partial charge in [-0.05, 0) is 40.7 Å². The van der Waals surface area contributed by atoms with Gasteiger partial charge in [0.1, 0.15) is 0 Å². The Kier molecular flexibility index (Phi) is 4.63. The van der Waals surface area contributed by atoms with E-state index in [1.54, 1.807) is 6.20 Å². The van der Waals surface area contributed by atoms with Gasteiger partial charge in [0.25, 0.3) is 0 Å². The van der Waals surface area contributed by atoms with E-state index in [-0.39, 0.29) is 5.54 Å². The van der Waals surface area contributed by atoms with Crippen molar-refractivity contribution in [2.45, 2.75) is 52.7 Å². The van der Waals surface area contributed by atoms with Gasteiger partial charge in [0.05, 0.1) is 18.1 Å². The molecule has 2 heterocycles. The largest absolute Gasteiger partial charge is 0.436 e. The van der Waals surface area contributed by atoms with Gasteiger partial charge in [0, 0.05) is 24.2 Å². The summed E-state index contributed by atoms with van der Waals surface area (Å²) in [6.07, 6.45) is 3.59. The summed E-state index contributed by atoms with van der Waals surface area (Å²) in [4.78, 5) is 4.50. The summed E-state index contributed by atoms with van der Waals surface area (Å²) in [5.41, 5.74) is 1.02. The monoisotopic (exact) mass is 288 g/mol. The number of hydrogen-bond donors (Lipinski definition) is 1. The molecule has 5 heteroatoms. The van der Waals surface area contributed by atoms with E-state index < -0.39 is 0 Å². The van der Waals surface area contributed by atoms with Crippen LogP contribution in [-0.4, -0.2) is 20.3 Å². The van der Waals surface area contributed by atoms with Crippen molar-refractivity contribution in [3.8, 4) is 11.6 Å². The van der Waals surface area contributed by atoms with Gasteiger partial charge >= 0.3 is 0 Å². The van der Waals surface area contributed by atoms with E-state index >= 15 is 0 Å². The lowest BCUT2D eigenvalue weighted by atomic mass is 10.1. The fourth-order valence-corrected chi connectivity index (χ4v) is 1.75. The fourth-order valence-electron chi connectivity index (χ4n) is 1.75. The normalized spacial score (nSPS) is 11.9. The van der Waals surface area contributed by atoms with Crippen LogP contribution < -0.4 is 10.1 Å². The van der Waals surface area contributed by atoms with Crippen LogP contribution in [0.3, 0.4) is 0 Å². The van der Waals surface area contributed by atoms with E-state index in [0.717, 1.165) is 5.69 Å². The minimum absolute atomic E-state index is 0.0664. The first-order valence-corrected chi connectivity index (χ1v) is 7.26. The van der Waals surface area contributed by atoms with Gasteiger partial charge in [-0.3, -0.25) is 4.68 Å². The second-order valence-electron chi connectivity index (χ2n) is 6.42. The zero-order valence-corrected chi connectivity index (χ0v) is 13.4. The first-order chi connectivity index (χ1) is 9.83. The molecular formula is C16H24N4O. The van der Waals surface area contributed by atoms with E-state index in [9.17, 15) is 0 Å². The Balaban J connectivity index is 2.03. The number of aromatic nitrogens is 3. The molecule has 0 unspecified atom stereocenters. The summed E-state index contributed by atoms with van der Waals surface area (Å²) in [6.45, 7) is 11.3. The summed E-state index contributed by atoms with van der Waals surface area (Å²) in [5, 5.41) is 7.67. The van der Waals surface area contributed by atoms with Gasteiger partial charge in [-0.1, -0.05) is 6.07 Å². The predicted octanol–water partition coefficient (Wildman–Crippen LogP) is 3.54. The highest BCUT2D eigenvalue weighted by molar-refractivity contribution is 5.23. The molecule has 0 fully saturated rings. The molecule has 114 valence electrons. The van der Waals surface area contributed by atoms with Crippen LogP contribution in [0.4, 0.5) is 0 Å². The second kappa shape index (κ2) is 6.26. The molecule has 5 nitrogen and oxygen atoms in total. The standard InChI is InChI=1S/C16H24N4O/c1-12(2)20-11-14(10-18-20)21-15-8-6-7-13(19-15)9-17-16(3,4)5/h6-8,10-12,17H,9H2,1-5H3. The number of pyridine rings is 1. The SMILES string of the molecule is CC(C)n1cc(Oc2cccc(CNC(C)(C)C)n2)cn1. The van der Waals surface area contributed by atoms with Crippen LogP contribution in [0.15, 0.2) is 30.6 Å². The van der Waals surface area contributed by atoms with Gasteiger partial charge in [-0.15, -0.1) is 0 Å². The van der Waals surface area contributed by atoms with E-state index in [2.05, 4.69) is 50.0 Å². The maximum absolute atomic E-state index is 5.76. The first kappa shape index (κ1) is 15.5. The summed E-state index contributed by atoms with van der Waals surface area (Å²) >= 11 is 0. The van der Waals surface area contributed by atoms with Crippen molar-refractivity contribution in [2.75, 3.05) is 0 Å². The molecule has 0 radical (unpaired) electrons. The Labute approximate surface area is 126 Å². The number of nitrogens with one attached hydrogen (secondary N) is 1. The molecule has 0 bridgehead atoms. The highest BCUT2D eigenvalue weighted by Crippen LogP contribution is 2.20. The van der Waals surface area contributed by atoms with Crippen LogP contribution in [-0.2, 0) is 6.54 Å². The van der Waals surface area contributed by atoms with E-state index in [0.29, 0.717) is 24.2 Å². The smallest absolute Gasteiger partial charge is 0.219 e. The van der Waals surface area contributed by atoms with Crippen LogP contribution >= 0.6 is 0 Å². The highest BCUT2D eigenvalue weighted by Gasteiger charge is 2.10. The van der Waals surface area contributed by atoms with Crippen molar-refractivity contribution in [3.63, 3.8) is 0 Å². The summed E-state index contributed by atoms with van der Waals surface area (Å²) in [5.74, 6) is 1.30. The Morgan fingerprint density at radius 1 is 1.29 bits per heavy atom. The third-order valence-electron chi connectivity index (χ3n) is 2.91. The zero-order valence-electron chi connectivity index (χ0n) is 13.4. The Hall–Kier alpha value is -1.88. The molecule has 0 saturated heterocycles. The molecule has 0 atom stereocenters. The molecule has 21 heavy (non-hydrogen) atoms. The van der Waals surface area contributed by atoms with Crippen LogP contribution in [0.25, 0.3) is 0 Å². The quantitative estimate of drug-likeness (QED) is 0.914. The number of rotatable bonds is 5. The molecule has 0 aliphatic rings. The van der Waals surface area contributed by atoms with Crippen LogP contribution in [0, 0.1) is 0 Å². The molecule has 0 saturated carbocycles. The molecule has 2 rings (SSSR count). The van der Waals surface area contributed by atoms with E-state index in [1.165, 1.54) is 0 Å². The van der Waals surface area contributed by atoms with Gasteiger partial charge in [0.15, 0.2) is 5.75 Å². The predicted molar refractivity (Wildman–Crippen MR) is 83.5 cm³/mol. The molecule has 2 aromatic heterocycles. The number of ether oxygens (including phenoxy) is 1. The average molecular weight is 288 g/mol. The average Bonchev–Trinajstić information content (AvgIpc) is 2.85. The lowest BCUT2D eigenvalue weighted by Gasteiger charge is -2.20. The Morgan fingerprint density at radius 3 is 2.67 bits per heavy atom. The van der Waals surface area contributed by atoms with Gasteiger partial charge < -0.3 is 10.1 Å². The van der Waals surface area contributed by atoms with Crippen molar-refractivity contribution in [1.29, 1.82) is 0 Å². The number of hydrogen-bond acceptors (Lipinski definition) is 4. The third-order valence-corrected chi connectivity index (χ3v) is 2.91. The van der Waals surface area contributed by atoms with E-state index in [4.69, 9.17) is 4.74 Å². The molecule has 0 aliphatic carbocycles. The van der Waals surface area contributed by atoms with Crippen LogP contribution in [0.5, 0.6) is 11.6 Å². The third kappa shape index (κ3) is 4.86. The van der Waals surface area contributed by atoms with Gasteiger partial charge in [-0.25, -0.2) is 4.98 Å². The van der Waals surface area contributed by atoms with E-state index in [1.807, 2.05) is 29.1 Å². The zero-order chi connectivity index (χ0) is 15.5. The highest BCUT2D eigenvalue weighted by atomic mass is 16.5. The lowest BCUT2D eigenvalue weighted by molar-refractivity contribution is 0.415. The van der Waals surface area contributed by atoms with Crippen molar-refractivity contribution >= 4 is 0 Å². The summed E-state index contributed by atoms with van der Waals surface area (Å²) in [6, 6.07) is 6.11. The van der Waals surface area contributed by atoms with Crippen LogP contribution in [0.2, 0.25) is 0 Å². The summed E-state index contributed by atoms with van der Waals surface area (Å²) < 4.78 is 7.62. The van der Waals surface area contributed by atoms with Crippen molar-refractivity contribution in [3.05, 3.63) is 36.3 Å². The Morgan fingerprint density at radius 2 is 2.05 bits per heavy atom. The fraction of sp³-hybridized carbons (Fsp3) is 0.500. The Bertz CT molecular complexity index is 584. The van der Waals surface area contributed by atoms with Gasteiger partial charge in [-0.2, -0.15) is 5.10 Å². The van der Waals surface area contributed by atoms with Crippen molar-refractivity contribution in [1.82, 2.24) is 20.1 Å². The molecule has 0 aromatic carbocycles. The van der Waals surface area contributed by atoms with Crippen LogP contribution in [0.1, 0.15) is 46.4 Å². The molecule has 0 aliphatic heterocycles. The molecule has 1 N–H and O–H groups in total. The minimum Gasteiger partial charge on any atom is -0.436 e. The van der Waals surface area contributed by atoms with Crippen molar-refractivity contribution < 1.29 is 4.74 Å². The maximum atomic E-state index is 5.76. The van der Waals surface area contributed by atoms with Gasteiger partial charge in [0.2, 0.25) is 5.88 Å². The lowest BCUT2D eigenvalue weighted by Crippen LogP contribution is -2.35. The first-order valence-electron chi connectivity index (χ1n) is 7.26. The second-order valence-corrected chi connectivity index (χ2v) is 6.42. The molecule has 0 amide bonds. The molecular weight excluding hydrogens is 264 g/mol. The number of nitrogens with zero attached hydrogens (tertiary/aromatic N) is 3. The topological polar surface area (TPSA) is 52.0 Å². The summed E-state index contributed by atoms with van der Waals surface area (Å²) in [7, 11) is 0. The van der Waals surface area contributed by atoms with Crippen molar-refractivity contribution in [2.24, 2.45) is 0 Å².